The minimum absolute atomic E-state index is 0.0969. The van der Waals surface area contributed by atoms with Crippen molar-refractivity contribution >= 4 is 29.1 Å². The summed E-state index contributed by atoms with van der Waals surface area (Å²) < 4.78 is 24.2. The van der Waals surface area contributed by atoms with Crippen LogP contribution in [0.25, 0.3) is 22.2 Å². The highest BCUT2D eigenvalue weighted by Crippen LogP contribution is 2.24. The third-order valence-corrected chi connectivity index (χ3v) is 6.44. The molecule has 2 atom stereocenters. The van der Waals surface area contributed by atoms with E-state index in [4.69, 9.17) is 9.47 Å². The van der Waals surface area contributed by atoms with Crippen LogP contribution in [0.3, 0.4) is 0 Å². The average molecular weight is 598 g/mol. The number of aromatic amines is 1. The van der Waals surface area contributed by atoms with Crippen molar-refractivity contribution in [3.63, 3.8) is 0 Å². The number of alkyl carbamates (subject to hydrolysis) is 2. The second kappa shape index (κ2) is 13.9. The van der Waals surface area contributed by atoms with Crippen LogP contribution in [0.1, 0.15) is 78.9 Å². The van der Waals surface area contributed by atoms with E-state index in [1.54, 1.807) is 59.7 Å². The molecule has 234 valence electrons. The van der Waals surface area contributed by atoms with Crippen LogP contribution in [0.15, 0.2) is 42.5 Å². The van der Waals surface area contributed by atoms with Gasteiger partial charge in [0.05, 0.1) is 11.0 Å². The minimum Gasteiger partial charge on any atom is -0.444 e. The number of hydrogen-bond acceptors (Lipinski definition) is 6. The van der Waals surface area contributed by atoms with Crippen molar-refractivity contribution < 1.29 is 28.2 Å². The van der Waals surface area contributed by atoms with E-state index in [0.29, 0.717) is 23.9 Å². The van der Waals surface area contributed by atoms with E-state index >= 15 is 0 Å². The SMILES string of the molecule is CC(C)C(CC[C@@H](CNC(=O)c1nc2ccc(-c3ccc(F)cc3)cc2[nH]1)NC(=O)OC(C)(C)C)NC(=O)OC(C)(C)C. The van der Waals surface area contributed by atoms with Gasteiger partial charge in [0, 0.05) is 18.6 Å². The second-order valence-electron chi connectivity index (χ2n) is 13.0. The van der Waals surface area contributed by atoms with Crippen LogP contribution < -0.4 is 16.0 Å². The van der Waals surface area contributed by atoms with Crippen molar-refractivity contribution in [2.75, 3.05) is 6.54 Å². The predicted molar refractivity (Wildman–Crippen MR) is 164 cm³/mol. The zero-order chi connectivity index (χ0) is 31.9. The fraction of sp³-hybridized carbons (Fsp3) is 0.500. The molecule has 3 amide bonds. The molecule has 0 saturated heterocycles. The number of halogens is 1. The molecule has 43 heavy (non-hydrogen) atoms. The number of carbonyl (C=O) groups is 3. The quantitative estimate of drug-likeness (QED) is 0.216. The monoisotopic (exact) mass is 597 g/mol. The molecule has 1 heterocycles. The van der Waals surface area contributed by atoms with Crippen molar-refractivity contribution in [3.8, 4) is 11.1 Å². The average Bonchev–Trinajstić information content (AvgIpc) is 3.31. The fourth-order valence-corrected chi connectivity index (χ4v) is 4.35. The van der Waals surface area contributed by atoms with Gasteiger partial charge in [0.1, 0.15) is 17.0 Å². The summed E-state index contributed by atoms with van der Waals surface area (Å²) in [5.74, 6) is -0.541. The molecule has 0 saturated carbocycles. The summed E-state index contributed by atoms with van der Waals surface area (Å²) >= 11 is 0. The predicted octanol–water partition coefficient (Wildman–Crippen LogP) is 6.32. The Hall–Kier alpha value is -4.15. The van der Waals surface area contributed by atoms with Crippen LogP contribution in [-0.2, 0) is 9.47 Å². The lowest BCUT2D eigenvalue weighted by Gasteiger charge is -2.28. The lowest BCUT2D eigenvalue weighted by atomic mass is 9.97. The first-order valence-corrected chi connectivity index (χ1v) is 14.5. The Balaban J connectivity index is 1.69. The first-order chi connectivity index (χ1) is 20.0. The molecular weight excluding hydrogens is 553 g/mol. The number of benzene rings is 2. The number of H-pyrrole nitrogens is 1. The van der Waals surface area contributed by atoms with Gasteiger partial charge in [-0.3, -0.25) is 4.79 Å². The number of imidazole rings is 1. The van der Waals surface area contributed by atoms with Gasteiger partial charge >= 0.3 is 12.2 Å². The Morgan fingerprint density at radius 3 is 2.02 bits per heavy atom. The number of ether oxygens (including phenoxy) is 2. The Labute approximate surface area is 252 Å². The third-order valence-electron chi connectivity index (χ3n) is 6.44. The van der Waals surface area contributed by atoms with Crippen LogP contribution >= 0.6 is 0 Å². The molecular formula is C32H44FN5O5. The molecule has 0 aliphatic rings. The summed E-state index contributed by atoms with van der Waals surface area (Å²) in [6.45, 7) is 14.8. The van der Waals surface area contributed by atoms with Gasteiger partial charge in [0.2, 0.25) is 0 Å². The Kier molecular flexibility index (Phi) is 10.8. The molecule has 0 radical (unpaired) electrons. The van der Waals surface area contributed by atoms with Gasteiger partial charge in [0.25, 0.3) is 5.91 Å². The molecule has 1 aromatic heterocycles. The molecule has 0 bridgehead atoms. The number of fused-ring (bicyclic) bond motifs is 1. The number of nitrogens with zero attached hydrogens (tertiary/aromatic N) is 1. The lowest BCUT2D eigenvalue weighted by Crippen LogP contribution is -2.47. The maximum atomic E-state index is 13.3. The molecule has 0 aliphatic carbocycles. The van der Waals surface area contributed by atoms with Gasteiger partial charge in [-0.05, 0) is 95.7 Å². The molecule has 0 spiro atoms. The molecule has 10 nitrogen and oxygen atoms in total. The normalized spacial score (nSPS) is 13.3. The highest BCUT2D eigenvalue weighted by atomic mass is 19.1. The summed E-state index contributed by atoms with van der Waals surface area (Å²) in [7, 11) is 0. The van der Waals surface area contributed by atoms with E-state index in [-0.39, 0.29) is 30.1 Å². The number of nitrogens with one attached hydrogen (secondary N) is 4. The van der Waals surface area contributed by atoms with Gasteiger partial charge in [0.15, 0.2) is 5.82 Å². The zero-order valence-electron chi connectivity index (χ0n) is 26.3. The number of carbonyl (C=O) groups excluding carboxylic acids is 3. The Bertz CT molecular complexity index is 1410. The largest absolute Gasteiger partial charge is 0.444 e. The standard InChI is InChI=1S/C32H44FN5O5/c1-19(2)24(38-30(41)43-32(6,7)8)16-14-23(35-29(40)42-31(3,4)5)18-34-28(39)27-36-25-15-11-21(17-26(25)37-27)20-9-12-22(33)13-10-20/h9-13,15,17,19,23-24H,14,16,18H2,1-8H3,(H,34,39)(H,35,40)(H,36,37)(H,38,41)/t23-,24?/m0/s1. The van der Waals surface area contributed by atoms with E-state index in [0.717, 1.165) is 11.1 Å². The van der Waals surface area contributed by atoms with Crippen molar-refractivity contribution in [2.24, 2.45) is 5.92 Å². The van der Waals surface area contributed by atoms with Gasteiger partial charge in [-0.2, -0.15) is 0 Å². The van der Waals surface area contributed by atoms with Crippen LogP contribution in [0.2, 0.25) is 0 Å². The topological polar surface area (TPSA) is 134 Å². The van der Waals surface area contributed by atoms with E-state index in [1.807, 2.05) is 26.0 Å². The maximum absolute atomic E-state index is 13.3. The molecule has 11 heteroatoms. The van der Waals surface area contributed by atoms with Crippen molar-refractivity contribution in [2.45, 2.75) is 91.5 Å². The molecule has 3 aromatic rings. The molecule has 4 N–H and O–H groups in total. The third kappa shape index (κ3) is 10.9. The Morgan fingerprint density at radius 2 is 1.44 bits per heavy atom. The Morgan fingerprint density at radius 1 is 0.860 bits per heavy atom. The zero-order valence-corrected chi connectivity index (χ0v) is 26.3. The first kappa shape index (κ1) is 33.4. The van der Waals surface area contributed by atoms with Gasteiger partial charge in [-0.15, -0.1) is 0 Å². The summed E-state index contributed by atoms with van der Waals surface area (Å²) in [5, 5.41) is 8.61. The van der Waals surface area contributed by atoms with E-state index in [1.165, 1.54) is 12.1 Å². The van der Waals surface area contributed by atoms with Crippen LogP contribution in [0.5, 0.6) is 0 Å². The highest BCUT2D eigenvalue weighted by molar-refractivity contribution is 5.95. The van der Waals surface area contributed by atoms with Crippen LogP contribution in [0.4, 0.5) is 14.0 Å². The summed E-state index contributed by atoms with van der Waals surface area (Å²) in [6, 6.07) is 10.9. The summed E-state index contributed by atoms with van der Waals surface area (Å²) in [6.07, 6.45) is -0.155. The van der Waals surface area contributed by atoms with Gasteiger partial charge in [-0.1, -0.05) is 32.0 Å². The van der Waals surface area contributed by atoms with Crippen LogP contribution in [0, 0.1) is 11.7 Å². The van der Waals surface area contributed by atoms with Crippen LogP contribution in [-0.4, -0.2) is 57.9 Å². The number of hydrogen-bond donors (Lipinski definition) is 4. The van der Waals surface area contributed by atoms with E-state index < -0.39 is 35.3 Å². The second-order valence-corrected chi connectivity index (χ2v) is 13.0. The summed E-state index contributed by atoms with van der Waals surface area (Å²) in [4.78, 5) is 45.6. The number of amides is 3. The molecule has 0 aliphatic heterocycles. The van der Waals surface area contributed by atoms with Crippen molar-refractivity contribution in [1.82, 2.24) is 25.9 Å². The van der Waals surface area contributed by atoms with Gasteiger partial charge in [-0.25, -0.2) is 19.0 Å². The smallest absolute Gasteiger partial charge is 0.407 e. The minimum atomic E-state index is -0.697. The molecule has 2 aromatic carbocycles. The number of aromatic nitrogens is 2. The van der Waals surface area contributed by atoms with Crippen molar-refractivity contribution in [1.29, 1.82) is 0 Å². The first-order valence-electron chi connectivity index (χ1n) is 14.5. The number of rotatable bonds is 10. The molecule has 3 rings (SSSR count). The van der Waals surface area contributed by atoms with Crippen molar-refractivity contribution in [3.05, 3.63) is 54.1 Å². The van der Waals surface area contributed by atoms with E-state index in [2.05, 4.69) is 25.9 Å². The highest BCUT2D eigenvalue weighted by Gasteiger charge is 2.25. The molecule has 0 fully saturated rings. The van der Waals surface area contributed by atoms with E-state index in [9.17, 15) is 18.8 Å². The molecule has 1 unspecified atom stereocenters. The summed E-state index contributed by atoms with van der Waals surface area (Å²) in [5.41, 5.74) is 1.62. The fourth-order valence-electron chi connectivity index (χ4n) is 4.35. The van der Waals surface area contributed by atoms with Gasteiger partial charge < -0.3 is 30.4 Å². The lowest BCUT2D eigenvalue weighted by molar-refractivity contribution is 0.0463. The maximum Gasteiger partial charge on any atom is 0.407 e.